The van der Waals surface area contributed by atoms with Crippen molar-refractivity contribution in [1.29, 1.82) is 0 Å². The predicted molar refractivity (Wildman–Crippen MR) is 20.2 cm³/mol. The molecule has 0 aromatic carbocycles. The van der Waals surface area contributed by atoms with Crippen LogP contribution in [-0.4, -0.2) is 24.5 Å². The van der Waals surface area contributed by atoms with Gasteiger partial charge in [-0.1, -0.05) is 0 Å². The van der Waals surface area contributed by atoms with Gasteiger partial charge in [0.25, 0.3) is 6.29 Å². The van der Waals surface area contributed by atoms with Crippen LogP contribution >= 0.6 is 0 Å². The molecule has 0 spiro atoms. The summed E-state index contributed by atoms with van der Waals surface area (Å²) in [6.07, 6.45) is -1.82. The van der Waals surface area contributed by atoms with Gasteiger partial charge in [0.1, 0.15) is 0 Å². The second kappa shape index (κ2) is 3.34. The van der Waals surface area contributed by atoms with E-state index in [4.69, 9.17) is 5.11 Å². The Kier molecular flexibility index (Phi) is 3.05. The summed E-state index contributed by atoms with van der Waals surface area (Å²) < 4.78 is 14.7. The van der Waals surface area contributed by atoms with Crippen LogP contribution in [0.4, 0.5) is 4.53 Å². The topological polar surface area (TPSA) is 55.8 Å². The van der Waals surface area contributed by atoms with Crippen LogP contribution in [0.25, 0.3) is 0 Å². The lowest BCUT2D eigenvalue weighted by molar-refractivity contribution is -0.215. The maximum Gasteiger partial charge on any atom is 0.404 e. The normalized spacial score (nSPS) is 12.9. The summed E-state index contributed by atoms with van der Waals surface area (Å²) in [5, 5.41) is 8.19. The van der Waals surface area contributed by atoms with E-state index in [1.165, 1.54) is 0 Å². The summed E-state index contributed by atoms with van der Waals surface area (Å²) in [6, 6.07) is 0. The molecule has 8 heavy (non-hydrogen) atoms. The van der Waals surface area contributed by atoms with Gasteiger partial charge in [0.2, 0.25) is 0 Å². The van der Waals surface area contributed by atoms with Gasteiger partial charge in [-0.2, -0.15) is 0 Å². The molecular weight excluding hydrogens is 119 g/mol. The molecule has 4 nitrogen and oxygen atoms in total. The molecular formula is C3H5FO4. The first-order chi connectivity index (χ1) is 3.72. The van der Waals surface area contributed by atoms with E-state index >= 15 is 0 Å². The van der Waals surface area contributed by atoms with E-state index in [-0.39, 0.29) is 0 Å². The maximum atomic E-state index is 10.7. The molecule has 0 saturated carbocycles. The molecule has 5 heteroatoms. The number of rotatable bonds is 2. The van der Waals surface area contributed by atoms with Crippen LogP contribution in [0.15, 0.2) is 0 Å². The Morgan fingerprint density at radius 1 is 1.88 bits per heavy atom. The number of methoxy groups -OCH3 is 1. The largest absolute Gasteiger partial charge is 0.404 e. The molecule has 0 fully saturated rings. The molecule has 48 valence electrons. The highest BCUT2D eigenvalue weighted by Gasteiger charge is 2.15. The number of aliphatic hydroxyl groups is 1. The lowest BCUT2D eigenvalue weighted by Gasteiger charge is -1.99. The average Bonchev–Trinajstić information content (AvgIpc) is 1.84. The second-order valence-electron chi connectivity index (χ2n) is 0.984. The first-order valence-electron chi connectivity index (χ1n) is 1.75. The van der Waals surface area contributed by atoms with Gasteiger partial charge < -0.3 is 9.84 Å². The number of aliphatic hydroxyl groups excluding tert-OH is 1. The van der Waals surface area contributed by atoms with Gasteiger partial charge in [-0.05, 0) is 0 Å². The highest BCUT2D eigenvalue weighted by molar-refractivity contribution is 5.71. The Morgan fingerprint density at radius 3 is 2.50 bits per heavy atom. The standard InChI is InChI=1S/C3H5FO4/c1-7-2(5)3(6)8-4/h2,5H,1H3. The fourth-order valence-corrected chi connectivity index (χ4v) is 0.134. The Labute approximate surface area is 44.7 Å². The van der Waals surface area contributed by atoms with Crippen LogP contribution < -0.4 is 0 Å². The van der Waals surface area contributed by atoms with Crippen molar-refractivity contribution >= 4 is 5.97 Å². The predicted octanol–water partition coefficient (Wildman–Crippen LogP) is -0.621. The average molecular weight is 124 g/mol. The van der Waals surface area contributed by atoms with Gasteiger partial charge in [-0.3, -0.25) is 0 Å². The minimum absolute atomic E-state index is 1.04. The van der Waals surface area contributed by atoms with Gasteiger partial charge in [0.15, 0.2) is 0 Å². The van der Waals surface area contributed by atoms with Gasteiger partial charge in [0.05, 0.1) is 0 Å². The highest BCUT2D eigenvalue weighted by Crippen LogP contribution is 1.87. The lowest BCUT2D eigenvalue weighted by Crippen LogP contribution is -2.21. The van der Waals surface area contributed by atoms with E-state index in [0.29, 0.717) is 0 Å². The minimum atomic E-state index is -1.82. The van der Waals surface area contributed by atoms with E-state index in [9.17, 15) is 9.32 Å². The van der Waals surface area contributed by atoms with Crippen LogP contribution in [-0.2, 0) is 14.5 Å². The number of hydrogen-bond donors (Lipinski definition) is 1. The molecule has 1 N–H and O–H groups in total. The second-order valence-corrected chi connectivity index (χ2v) is 0.984. The molecule has 0 aromatic heterocycles. The summed E-state index contributed by atoms with van der Waals surface area (Å²) in [6.45, 7) is 0. The van der Waals surface area contributed by atoms with Crippen LogP contribution in [0, 0.1) is 0 Å². The molecule has 0 aliphatic rings. The van der Waals surface area contributed by atoms with Gasteiger partial charge in [-0.15, -0.1) is 0 Å². The molecule has 0 radical (unpaired) electrons. The first kappa shape index (κ1) is 7.32. The van der Waals surface area contributed by atoms with E-state index in [1.54, 1.807) is 0 Å². The number of hydrogen-bond acceptors (Lipinski definition) is 4. The van der Waals surface area contributed by atoms with Gasteiger partial charge in [-0.25, -0.2) is 9.74 Å². The van der Waals surface area contributed by atoms with Crippen molar-refractivity contribution in [1.82, 2.24) is 0 Å². The molecule has 1 unspecified atom stereocenters. The molecule has 0 aliphatic heterocycles. The number of ether oxygens (including phenoxy) is 1. The molecule has 0 bridgehead atoms. The number of carbonyl (C=O) groups is 1. The fraction of sp³-hybridized carbons (Fsp3) is 0.667. The van der Waals surface area contributed by atoms with E-state index in [1.807, 2.05) is 0 Å². The third-order valence-corrected chi connectivity index (χ3v) is 0.501. The van der Waals surface area contributed by atoms with E-state index in [0.717, 1.165) is 7.11 Å². The third kappa shape index (κ3) is 1.85. The van der Waals surface area contributed by atoms with E-state index < -0.39 is 12.3 Å². The SMILES string of the molecule is COC(O)C(=O)OF. The molecule has 1 atom stereocenters. The third-order valence-electron chi connectivity index (χ3n) is 0.501. The number of carbonyl (C=O) groups excluding carboxylic acids is 1. The maximum absolute atomic E-state index is 10.7. The molecule has 0 aliphatic carbocycles. The summed E-state index contributed by atoms with van der Waals surface area (Å²) >= 11 is 0. The fourth-order valence-electron chi connectivity index (χ4n) is 0.134. The van der Waals surface area contributed by atoms with Crippen LogP contribution in [0.2, 0.25) is 0 Å². The minimum Gasteiger partial charge on any atom is -0.359 e. The van der Waals surface area contributed by atoms with Crippen molar-refractivity contribution in [3.8, 4) is 0 Å². The van der Waals surface area contributed by atoms with Crippen molar-refractivity contribution in [2.24, 2.45) is 0 Å². The Bertz CT molecular complexity index is 83.4. The van der Waals surface area contributed by atoms with Crippen molar-refractivity contribution < 1.29 is 24.1 Å². The van der Waals surface area contributed by atoms with Crippen LogP contribution in [0.1, 0.15) is 0 Å². The van der Waals surface area contributed by atoms with Crippen molar-refractivity contribution in [3.63, 3.8) is 0 Å². The van der Waals surface area contributed by atoms with Crippen LogP contribution in [0.5, 0.6) is 0 Å². The monoisotopic (exact) mass is 124 g/mol. The zero-order valence-electron chi connectivity index (χ0n) is 4.13. The van der Waals surface area contributed by atoms with E-state index in [2.05, 4.69) is 9.68 Å². The van der Waals surface area contributed by atoms with Gasteiger partial charge in [0, 0.05) is 11.6 Å². The quantitative estimate of drug-likeness (QED) is 0.498. The first-order valence-corrected chi connectivity index (χ1v) is 1.75. The summed E-state index contributed by atoms with van der Waals surface area (Å²) in [5.41, 5.74) is 0. The lowest BCUT2D eigenvalue weighted by atomic mass is 10.7. The van der Waals surface area contributed by atoms with Crippen molar-refractivity contribution in [2.75, 3.05) is 7.11 Å². The Hall–Kier alpha value is -0.680. The Balaban J connectivity index is 3.46. The summed E-state index contributed by atoms with van der Waals surface area (Å²) in [7, 11) is 1.04. The van der Waals surface area contributed by atoms with Crippen molar-refractivity contribution in [2.45, 2.75) is 6.29 Å². The number of halogens is 1. The molecule has 0 rings (SSSR count). The zero-order valence-corrected chi connectivity index (χ0v) is 4.13. The molecule has 0 saturated heterocycles. The summed E-state index contributed by atoms with van der Waals surface area (Å²) in [4.78, 5) is 12.4. The highest BCUT2D eigenvalue weighted by atomic mass is 19.3. The Morgan fingerprint density at radius 2 is 2.38 bits per heavy atom. The van der Waals surface area contributed by atoms with Crippen molar-refractivity contribution in [3.05, 3.63) is 0 Å². The smallest absolute Gasteiger partial charge is 0.359 e. The van der Waals surface area contributed by atoms with Gasteiger partial charge >= 0.3 is 5.97 Å². The molecule has 0 aromatic rings. The summed E-state index contributed by atoms with van der Waals surface area (Å²) in [5.74, 6) is -1.45. The van der Waals surface area contributed by atoms with Crippen LogP contribution in [0.3, 0.4) is 0 Å². The zero-order chi connectivity index (χ0) is 6.57. The molecule has 0 heterocycles. The molecule has 0 amide bonds.